The number of rotatable bonds is 1. The molecule has 0 atom stereocenters. The summed E-state index contributed by atoms with van der Waals surface area (Å²) in [6, 6.07) is 0. The molecule has 0 saturated heterocycles. The Morgan fingerprint density at radius 3 is 2.93 bits per heavy atom. The number of hydrogen-bond donors (Lipinski definition) is 1. The second-order valence-electron chi connectivity index (χ2n) is 3.13. The van der Waals surface area contributed by atoms with E-state index in [0.29, 0.717) is 18.2 Å². The molecular weight excluding hydrogens is 186 g/mol. The van der Waals surface area contributed by atoms with Crippen molar-refractivity contribution in [3.8, 4) is 0 Å². The number of nitrogens with zero attached hydrogens (tertiary/aromatic N) is 4. The van der Waals surface area contributed by atoms with E-state index in [1.165, 1.54) is 0 Å². The van der Waals surface area contributed by atoms with Crippen LogP contribution in [0, 0.1) is 17.0 Å². The highest BCUT2D eigenvalue weighted by Crippen LogP contribution is 2.26. The van der Waals surface area contributed by atoms with Gasteiger partial charge in [-0.05, 0) is 16.8 Å². The molecule has 1 N–H and O–H groups in total. The van der Waals surface area contributed by atoms with Crippen molar-refractivity contribution in [1.82, 2.24) is 9.55 Å². The first-order valence-electron chi connectivity index (χ1n) is 4.10. The molecule has 0 radical (unpaired) electrons. The topological polar surface area (TPSA) is 85.3 Å². The van der Waals surface area contributed by atoms with Gasteiger partial charge >= 0.3 is 5.82 Å². The highest BCUT2D eigenvalue weighted by atomic mass is 16.6. The number of hydrogen-bond acceptors (Lipinski definition) is 5. The normalized spacial score (nSPS) is 14.3. The number of aryl methyl sites for hydroxylation is 1. The summed E-state index contributed by atoms with van der Waals surface area (Å²) >= 11 is 0. The van der Waals surface area contributed by atoms with Gasteiger partial charge in [0.15, 0.2) is 0 Å². The molecule has 7 nitrogen and oxygen atoms in total. The van der Waals surface area contributed by atoms with Crippen LogP contribution in [-0.4, -0.2) is 20.2 Å². The quantitative estimate of drug-likeness (QED) is 0.532. The maximum Gasteiger partial charge on any atom is 0.408 e. The average Bonchev–Trinajstić information content (AvgIpc) is 2.44. The number of anilines is 1. The van der Waals surface area contributed by atoms with Gasteiger partial charge in [-0.1, -0.05) is 0 Å². The fraction of sp³-hybridized carbons (Fsp3) is 0.429. The molecule has 1 aromatic heterocycles. The van der Waals surface area contributed by atoms with Crippen LogP contribution in [0.4, 0.5) is 11.6 Å². The van der Waals surface area contributed by atoms with Crippen LogP contribution in [0.1, 0.15) is 12.7 Å². The molecule has 0 saturated carbocycles. The molecule has 7 heteroatoms. The third kappa shape index (κ3) is 1.13. The Hall–Kier alpha value is -1.92. The van der Waals surface area contributed by atoms with Gasteiger partial charge in [0.2, 0.25) is 11.6 Å². The monoisotopic (exact) mass is 195 g/mol. The minimum absolute atomic E-state index is 0.168. The molecule has 0 bridgehead atoms. The molecule has 2 heterocycles. The summed E-state index contributed by atoms with van der Waals surface area (Å²) in [7, 11) is 0. The summed E-state index contributed by atoms with van der Waals surface area (Å²) in [6.07, 6.45) is 0. The van der Waals surface area contributed by atoms with Gasteiger partial charge in [0, 0.05) is 6.92 Å². The molecule has 0 aromatic carbocycles. The average molecular weight is 195 g/mol. The first kappa shape index (κ1) is 8.67. The Balaban J connectivity index is 2.53. The summed E-state index contributed by atoms with van der Waals surface area (Å²) in [5.74, 6) is 0.810. The SMILES string of the molecule is CC1=NNc2c([N+](=O)[O-])nc(C)n2C1. The summed E-state index contributed by atoms with van der Waals surface area (Å²) in [6.45, 7) is 4.13. The van der Waals surface area contributed by atoms with E-state index >= 15 is 0 Å². The van der Waals surface area contributed by atoms with E-state index in [1.54, 1.807) is 11.5 Å². The number of fused-ring (bicyclic) bond motifs is 1. The summed E-state index contributed by atoms with van der Waals surface area (Å²) in [5.41, 5.74) is 3.50. The molecule has 0 spiro atoms. The number of imidazole rings is 1. The van der Waals surface area contributed by atoms with E-state index in [4.69, 9.17) is 0 Å². The molecule has 0 fully saturated rings. The number of hydrazone groups is 1. The van der Waals surface area contributed by atoms with Gasteiger partial charge in [-0.25, -0.2) is 0 Å². The van der Waals surface area contributed by atoms with E-state index in [2.05, 4.69) is 15.5 Å². The summed E-state index contributed by atoms with van der Waals surface area (Å²) in [5, 5.41) is 14.5. The zero-order valence-electron chi connectivity index (χ0n) is 7.81. The third-order valence-electron chi connectivity index (χ3n) is 2.05. The highest BCUT2D eigenvalue weighted by Gasteiger charge is 2.27. The maximum atomic E-state index is 10.6. The fourth-order valence-corrected chi connectivity index (χ4v) is 1.39. The van der Waals surface area contributed by atoms with Gasteiger partial charge < -0.3 is 10.1 Å². The van der Waals surface area contributed by atoms with Crippen LogP contribution in [0.15, 0.2) is 5.10 Å². The second-order valence-corrected chi connectivity index (χ2v) is 3.13. The van der Waals surface area contributed by atoms with Crippen LogP contribution in [-0.2, 0) is 6.54 Å². The van der Waals surface area contributed by atoms with E-state index in [1.807, 2.05) is 6.92 Å². The Morgan fingerprint density at radius 2 is 2.29 bits per heavy atom. The number of aromatic nitrogens is 2. The fourth-order valence-electron chi connectivity index (χ4n) is 1.39. The standard InChI is InChI=1S/C7H9N5O2/c1-4-3-11-5(2)8-6(12(13)14)7(11)10-9-4/h10H,3H2,1-2H3. The number of nitro groups is 1. The maximum absolute atomic E-state index is 10.6. The Morgan fingerprint density at radius 1 is 1.57 bits per heavy atom. The lowest BCUT2D eigenvalue weighted by molar-refractivity contribution is -0.388. The van der Waals surface area contributed by atoms with Gasteiger partial charge in [0.25, 0.3) is 0 Å². The van der Waals surface area contributed by atoms with Crippen molar-refractivity contribution in [2.45, 2.75) is 20.4 Å². The third-order valence-corrected chi connectivity index (χ3v) is 2.05. The van der Waals surface area contributed by atoms with Crippen molar-refractivity contribution in [3.05, 3.63) is 15.9 Å². The van der Waals surface area contributed by atoms with Crippen molar-refractivity contribution in [1.29, 1.82) is 0 Å². The van der Waals surface area contributed by atoms with Crippen LogP contribution in [0.2, 0.25) is 0 Å². The Labute approximate surface area is 79.6 Å². The zero-order valence-corrected chi connectivity index (χ0v) is 7.81. The first-order chi connectivity index (χ1) is 6.59. The van der Waals surface area contributed by atoms with Crippen LogP contribution >= 0.6 is 0 Å². The molecule has 1 aliphatic heterocycles. The van der Waals surface area contributed by atoms with Crippen LogP contribution in [0.5, 0.6) is 0 Å². The predicted octanol–water partition coefficient (Wildman–Crippen LogP) is 0.901. The van der Waals surface area contributed by atoms with Gasteiger partial charge in [0.05, 0.1) is 12.3 Å². The van der Waals surface area contributed by atoms with Gasteiger partial charge in [-0.2, -0.15) is 5.10 Å². The van der Waals surface area contributed by atoms with Gasteiger partial charge in [0.1, 0.15) is 0 Å². The Kier molecular flexibility index (Phi) is 1.73. The lowest BCUT2D eigenvalue weighted by Crippen LogP contribution is -2.17. The highest BCUT2D eigenvalue weighted by molar-refractivity contribution is 5.84. The van der Waals surface area contributed by atoms with Crippen molar-refractivity contribution < 1.29 is 4.92 Å². The predicted molar refractivity (Wildman–Crippen MR) is 50.4 cm³/mol. The largest absolute Gasteiger partial charge is 0.408 e. The van der Waals surface area contributed by atoms with Crippen molar-refractivity contribution >= 4 is 17.3 Å². The minimum Gasteiger partial charge on any atom is -0.358 e. The summed E-state index contributed by atoms with van der Waals surface area (Å²) in [4.78, 5) is 14.0. The summed E-state index contributed by atoms with van der Waals surface area (Å²) < 4.78 is 1.74. The zero-order chi connectivity index (χ0) is 10.3. The van der Waals surface area contributed by atoms with E-state index in [-0.39, 0.29) is 5.82 Å². The molecule has 1 aromatic rings. The van der Waals surface area contributed by atoms with Crippen molar-refractivity contribution in [3.63, 3.8) is 0 Å². The van der Waals surface area contributed by atoms with Crippen LogP contribution < -0.4 is 5.43 Å². The first-order valence-corrected chi connectivity index (χ1v) is 4.10. The van der Waals surface area contributed by atoms with E-state index in [9.17, 15) is 10.1 Å². The minimum atomic E-state index is -0.512. The molecule has 14 heavy (non-hydrogen) atoms. The van der Waals surface area contributed by atoms with Crippen LogP contribution in [0.25, 0.3) is 0 Å². The lowest BCUT2D eigenvalue weighted by atomic mass is 10.4. The molecule has 0 aliphatic carbocycles. The number of nitrogens with one attached hydrogen (secondary N) is 1. The Bertz CT molecular complexity index is 434. The molecule has 2 rings (SSSR count). The van der Waals surface area contributed by atoms with Crippen molar-refractivity contribution in [2.24, 2.45) is 5.10 Å². The molecule has 0 amide bonds. The van der Waals surface area contributed by atoms with Crippen molar-refractivity contribution in [2.75, 3.05) is 5.43 Å². The van der Waals surface area contributed by atoms with E-state index in [0.717, 1.165) is 5.71 Å². The second kappa shape index (κ2) is 2.79. The molecule has 1 aliphatic rings. The van der Waals surface area contributed by atoms with Crippen LogP contribution in [0.3, 0.4) is 0 Å². The molecule has 74 valence electrons. The van der Waals surface area contributed by atoms with E-state index < -0.39 is 4.92 Å². The smallest absolute Gasteiger partial charge is 0.358 e. The lowest BCUT2D eigenvalue weighted by Gasteiger charge is -2.12. The van der Waals surface area contributed by atoms with Gasteiger partial charge in [-0.3, -0.25) is 9.99 Å². The molecule has 0 unspecified atom stereocenters. The molecular formula is C7H9N5O2. The van der Waals surface area contributed by atoms with Gasteiger partial charge in [-0.15, -0.1) is 0 Å².